The molecule has 0 aliphatic heterocycles. The molecule has 2 aromatic carbocycles. The first-order valence-electron chi connectivity index (χ1n) is 8.85. The Morgan fingerprint density at radius 3 is 2.57 bits per heavy atom. The quantitative estimate of drug-likeness (QED) is 0.470. The van der Waals surface area contributed by atoms with Crippen molar-refractivity contribution in [3.63, 3.8) is 0 Å². The van der Waals surface area contributed by atoms with Crippen LogP contribution < -0.4 is 15.4 Å². The third-order valence-corrected chi connectivity index (χ3v) is 4.64. The Morgan fingerprint density at radius 2 is 1.90 bits per heavy atom. The molecule has 0 bridgehead atoms. The van der Waals surface area contributed by atoms with E-state index in [2.05, 4.69) is 10.6 Å². The van der Waals surface area contributed by atoms with Crippen LogP contribution in [-0.2, 0) is 4.79 Å². The van der Waals surface area contributed by atoms with Crippen LogP contribution in [0.4, 0.5) is 11.4 Å². The van der Waals surface area contributed by atoms with Gasteiger partial charge >= 0.3 is 0 Å². The average Bonchev–Trinajstić information content (AvgIpc) is 3.23. The van der Waals surface area contributed by atoms with E-state index in [1.807, 2.05) is 6.92 Å². The first kappa shape index (κ1) is 21.5. The maximum absolute atomic E-state index is 12.3. The van der Waals surface area contributed by atoms with E-state index in [1.54, 1.807) is 48.5 Å². The summed E-state index contributed by atoms with van der Waals surface area (Å²) in [5.41, 5.74) is 2.55. The van der Waals surface area contributed by atoms with Crippen LogP contribution in [0.25, 0.3) is 6.08 Å². The van der Waals surface area contributed by atoms with Gasteiger partial charge in [0.25, 0.3) is 5.91 Å². The van der Waals surface area contributed by atoms with Crippen molar-refractivity contribution in [2.75, 3.05) is 17.7 Å². The summed E-state index contributed by atoms with van der Waals surface area (Å²) in [7, 11) is 1.49. The summed E-state index contributed by atoms with van der Waals surface area (Å²) in [6, 6.07) is 11.6. The molecule has 2 amide bonds. The van der Waals surface area contributed by atoms with Crippen molar-refractivity contribution in [1.29, 1.82) is 0 Å². The molecule has 0 saturated heterocycles. The summed E-state index contributed by atoms with van der Waals surface area (Å²) in [5, 5.41) is 6.32. The van der Waals surface area contributed by atoms with E-state index in [1.165, 1.54) is 19.4 Å². The summed E-state index contributed by atoms with van der Waals surface area (Å²) < 4.78 is 10.3. The molecule has 6 nitrogen and oxygen atoms in total. The molecule has 8 heteroatoms. The Hall–Kier alpha value is -3.22. The molecule has 2 N–H and O–H groups in total. The normalized spacial score (nSPS) is 10.8. The fourth-order valence-electron chi connectivity index (χ4n) is 2.74. The Balaban J connectivity index is 1.68. The number of aryl methyl sites for hydroxylation is 1. The second-order valence-electron chi connectivity index (χ2n) is 6.29. The van der Waals surface area contributed by atoms with Crippen molar-refractivity contribution in [3.05, 3.63) is 81.7 Å². The molecule has 3 aromatic rings. The molecule has 1 aromatic heterocycles. The topological polar surface area (TPSA) is 80.6 Å². The van der Waals surface area contributed by atoms with Crippen LogP contribution in [0, 0.1) is 6.92 Å². The van der Waals surface area contributed by atoms with E-state index in [9.17, 15) is 9.59 Å². The highest BCUT2D eigenvalue weighted by Gasteiger charge is 2.11. The molecule has 0 atom stereocenters. The fraction of sp³-hybridized carbons (Fsp3) is 0.0909. The van der Waals surface area contributed by atoms with E-state index in [-0.39, 0.29) is 17.6 Å². The maximum Gasteiger partial charge on any atom is 0.291 e. The third-order valence-electron chi connectivity index (χ3n) is 4.14. The van der Waals surface area contributed by atoms with E-state index in [0.29, 0.717) is 32.7 Å². The highest BCUT2D eigenvalue weighted by Crippen LogP contribution is 2.33. The van der Waals surface area contributed by atoms with E-state index < -0.39 is 0 Å². The Morgan fingerprint density at radius 1 is 1.10 bits per heavy atom. The number of hydrogen-bond donors (Lipinski definition) is 2. The Bertz CT molecular complexity index is 1110. The predicted molar refractivity (Wildman–Crippen MR) is 119 cm³/mol. The van der Waals surface area contributed by atoms with Crippen LogP contribution >= 0.6 is 23.2 Å². The van der Waals surface area contributed by atoms with Crippen molar-refractivity contribution in [3.8, 4) is 5.75 Å². The van der Waals surface area contributed by atoms with Gasteiger partial charge < -0.3 is 19.8 Å². The number of hydrogen-bond acceptors (Lipinski definition) is 4. The van der Waals surface area contributed by atoms with E-state index in [4.69, 9.17) is 32.4 Å². The number of benzene rings is 2. The molecule has 0 unspecified atom stereocenters. The summed E-state index contributed by atoms with van der Waals surface area (Å²) in [5.74, 6) is -0.0528. The van der Waals surface area contributed by atoms with Gasteiger partial charge in [-0.3, -0.25) is 9.59 Å². The molecule has 1 heterocycles. The molecular formula is C22H18Cl2N2O4. The van der Waals surface area contributed by atoms with Gasteiger partial charge in [0.15, 0.2) is 5.76 Å². The van der Waals surface area contributed by atoms with Gasteiger partial charge in [-0.2, -0.15) is 0 Å². The fourth-order valence-corrected chi connectivity index (χ4v) is 3.33. The molecule has 0 spiro atoms. The second-order valence-corrected chi connectivity index (χ2v) is 7.14. The van der Waals surface area contributed by atoms with Gasteiger partial charge in [0.1, 0.15) is 5.75 Å². The van der Waals surface area contributed by atoms with Crippen molar-refractivity contribution in [2.45, 2.75) is 6.92 Å². The monoisotopic (exact) mass is 444 g/mol. The number of ether oxygens (including phenoxy) is 1. The minimum atomic E-state index is -0.350. The molecule has 0 saturated carbocycles. The maximum atomic E-state index is 12.3. The summed E-state index contributed by atoms with van der Waals surface area (Å²) >= 11 is 12.1. The lowest BCUT2D eigenvalue weighted by molar-refractivity contribution is -0.111. The number of carbonyl (C=O) groups is 2. The molecule has 154 valence electrons. The zero-order valence-electron chi connectivity index (χ0n) is 16.2. The van der Waals surface area contributed by atoms with Gasteiger partial charge in [-0.1, -0.05) is 23.2 Å². The molecule has 0 aliphatic carbocycles. The van der Waals surface area contributed by atoms with Crippen LogP contribution in [0.3, 0.4) is 0 Å². The minimum Gasteiger partial charge on any atom is -0.495 e. The van der Waals surface area contributed by atoms with Crippen LogP contribution in [-0.4, -0.2) is 18.9 Å². The zero-order chi connectivity index (χ0) is 21.7. The van der Waals surface area contributed by atoms with Crippen LogP contribution in [0.15, 0.2) is 59.2 Å². The summed E-state index contributed by atoms with van der Waals surface area (Å²) in [6.07, 6.45) is 4.35. The molecule has 0 aliphatic rings. The Kier molecular flexibility index (Phi) is 6.82. The van der Waals surface area contributed by atoms with Crippen molar-refractivity contribution in [2.24, 2.45) is 0 Å². The number of amides is 2. The smallest absolute Gasteiger partial charge is 0.291 e. The lowest BCUT2D eigenvalue weighted by Gasteiger charge is -2.10. The molecule has 0 radical (unpaired) electrons. The molecule has 30 heavy (non-hydrogen) atoms. The van der Waals surface area contributed by atoms with Gasteiger partial charge in [0.2, 0.25) is 5.91 Å². The standard InChI is InChI=1S/C22H18Cl2N2O4/c1-13-10-16(6-7-18(13)26-22(28)19-4-3-9-30-19)25-20(27)8-5-14-11-15(23)12-17(24)21(14)29-2/h3-12H,1-2H3,(H,25,27)(H,26,28). The molecule has 0 fully saturated rings. The molecule has 3 rings (SSSR count). The third kappa shape index (κ3) is 5.23. The predicted octanol–water partition coefficient (Wildman–Crippen LogP) is 5.81. The number of carbonyl (C=O) groups excluding carboxylic acids is 2. The van der Waals surface area contributed by atoms with Crippen LogP contribution in [0.1, 0.15) is 21.7 Å². The minimum absolute atomic E-state index is 0.216. The molecular weight excluding hydrogens is 427 g/mol. The van der Waals surface area contributed by atoms with Gasteiger partial charge in [0, 0.05) is 28.0 Å². The Labute approximate surface area is 183 Å². The first-order valence-corrected chi connectivity index (χ1v) is 9.60. The van der Waals surface area contributed by atoms with Crippen molar-refractivity contribution >= 4 is 52.5 Å². The van der Waals surface area contributed by atoms with Gasteiger partial charge in [-0.05, 0) is 61.0 Å². The van der Waals surface area contributed by atoms with Crippen molar-refractivity contribution < 1.29 is 18.7 Å². The van der Waals surface area contributed by atoms with Gasteiger partial charge in [0.05, 0.1) is 18.4 Å². The number of nitrogens with one attached hydrogen (secondary N) is 2. The zero-order valence-corrected chi connectivity index (χ0v) is 17.7. The highest BCUT2D eigenvalue weighted by atomic mass is 35.5. The number of anilines is 2. The number of furan rings is 1. The van der Waals surface area contributed by atoms with Crippen LogP contribution in [0.5, 0.6) is 5.75 Å². The first-order chi connectivity index (χ1) is 14.4. The number of halogens is 2. The van der Waals surface area contributed by atoms with Crippen LogP contribution in [0.2, 0.25) is 10.0 Å². The van der Waals surface area contributed by atoms with Gasteiger partial charge in [-0.15, -0.1) is 0 Å². The van der Waals surface area contributed by atoms with E-state index >= 15 is 0 Å². The van der Waals surface area contributed by atoms with Crippen molar-refractivity contribution in [1.82, 2.24) is 0 Å². The van der Waals surface area contributed by atoms with E-state index in [0.717, 1.165) is 5.56 Å². The summed E-state index contributed by atoms with van der Waals surface area (Å²) in [6.45, 7) is 1.82. The lowest BCUT2D eigenvalue weighted by atomic mass is 10.1. The largest absolute Gasteiger partial charge is 0.495 e. The second kappa shape index (κ2) is 9.52. The van der Waals surface area contributed by atoms with Gasteiger partial charge in [-0.25, -0.2) is 0 Å². The lowest BCUT2D eigenvalue weighted by Crippen LogP contribution is -2.12. The SMILES string of the molecule is COc1c(Cl)cc(Cl)cc1C=CC(=O)Nc1ccc(NC(=O)c2ccco2)c(C)c1. The average molecular weight is 445 g/mol. The summed E-state index contributed by atoms with van der Waals surface area (Å²) in [4.78, 5) is 24.4. The number of rotatable bonds is 6. The number of methoxy groups -OCH3 is 1. The highest BCUT2D eigenvalue weighted by molar-refractivity contribution is 6.36.